The van der Waals surface area contributed by atoms with Gasteiger partial charge < -0.3 is 10.2 Å². The third kappa shape index (κ3) is 4.40. The number of rotatable bonds is 6. The molecule has 0 atom stereocenters. The Labute approximate surface area is 171 Å². The smallest absolute Gasteiger partial charge is 0.251 e. The Bertz CT molecular complexity index is 990. The van der Waals surface area contributed by atoms with E-state index in [2.05, 4.69) is 56.6 Å². The molecule has 3 aromatic rings. The number of carbonyl (C=O) groups excluding carboxylic acids is 1. The van der Waals surface area contributed by atoms with Gasteiger partial charge in [0, 0.05) is 57.1 Å². The van der Waals surface area contributed by atoms with Gasteiger partial charge >= 0.3 is 0 Å². The summed E-state index contributed by atoms with van der Waals surface area (Å²) >= 11 is 0. The lowest BCUT2D eigenvalue weighted by atomic mass is 10.2. The Morgan fingerprint density at radius 3 is 2.69 bits per heavy atom. The van der Waals surface area contributed by atoms with Crippen molar-refractivity contribution in [2.24, 2.45) is 0 Å². The van der Waals surface area contributed by atoms with Crippen LogP contribution in [0.4, 0.5) is 5.69 Å². The topological polar surface area (TPSA) is 66.3 Å². The summed E-state index contributed by atoms with van der Waals surface area (Å²) in [4.78, 5) is 17.3. The van der Waals surface area contributed by atoms with Crippen LogP contribution in [0.5, 0.6) is 0 Å². The molecule has 0 radical (unpaired) electrons. The molecule has 0 bridgehead atoms. The molecule has 1 aliphatic heterocycles. The van der Waals surface area contributed by atoms with Crippen LogP contribution in [-0.2, 0) is 6.54 Å². The number of hydrogen-bond acceptors (Lipinski definition) is 5. The number of benzene rings is 2. The average Bonchev–Trinajstić information content (AvgIpc) is 3.16. The molecule has 0 saturated carbocycles. The quantitative estimate of drug-likeness (QED) is 0.697. The molecule has 7 heteroatoms. The van der Waals surface area contributed by atoms with Crippen molar-refractivity contribution in [2.75, 3.05) is 44.2 Å². The number of piperazine rings is 1. The normalized spacial score (nSPS) is 15.0. The van der Waals surface area contributed by atoms with E-state index in [-0.39, 0.29) is 5.91 Å². The fraction of sp³-hybridized carbons (Fsp3) is 0.409. The molecule has 1 amide bonds. The molecular weight excluding hydrogens is 364 g/mol. The van der Waals surface area contributed by atoms with Crippen molar-refractivity contribution in [3.8, 4) is 0 Å². The third-order valence-electron chi connectivity index (χ3n) is 5.53. The Morgan fingerprint density at radius 1 is 1.10 bits per heavy atom. The van der Waals surface area contributed by atoms with Gasteiger partial charge in [0.1, 0.15) is 5.52 Å². The van der Waals surface area contributed by atoms with Gasteiger partial charge in [-0.15, -0.1) is 5.10 Å². The summed E-state index contributed by atoms with van der Waals surface area (Å²) in [7, 11) is 0. The summed E-state index contributed by atoms with van der Waals surface area (Å²) in [6.45, 7) is 10.5. The van der Waals surface area contributed by atoms with Crippen LogP contribution >= 0.6 is 0 Å². The number of amides is 1. The summed E-state index contributed by atoms with van der Waals surface area (Å²) in [6, 6.07) is 14.2. The second kappa shape index (κ2) is 8.61. The minimum atomic E-state index is -0.0589. The first kappa shape index (κ1) is 19.4. The van der Waals surface area contributed by atoms with Crippen molar-refractivity contribution < 1.29 is 4.79 Å². The number of aryl methyl sites for hydroxylation is 2. The number of hydrogen-bond donors (Lipinski definition) is 1. The maximum Gasteiger partial charge on any atom is 0.251 e. The SMILES string of the molecule is CCn1nnc2cc(C(=O)NCCN3CCN(c4cccc(C)c4)CC3)ccc21. The van der Waals surface area contributed by atoms with E-state index in [0.29, 0.717) is 12.1 Å². The zero-order valence-electron chi connectivity index (χ0n) is 17.1. The second-order valence-electron chi connectivity index (χ2n) is 7.53. The van der Waals surface area contributed by atoms with Gasteiger partial charge in [0.15, 0.2) is 0 Å². The first-order valence-corrected chi connectivity index (χ1v) is 10.3. The molecule has 1 aromatic heterocycles. The zero-order chi connectivity index (χ0) is 20.2. The molecule has 2 aromatic carbocycles. The van der Waals surface area contributed by atoms with Crippen molar-refractivity contribution in [1.29, 1.82) is 0 Å². The van der Waals surface area contributed by atoms with Crippen LogP contribution in [-0.4, -0.2) is 65.1 Å². The lowest BCUT2D eigenvalue weighted by Gasteiger charge is -2.36. The van der Waals surface area contributed by atoms with E-state index in [1.165, 1.54) is 11.3 Å². The molecule has 1 N–H and O–H groups in total. The van der Waals surface area contributed by atoms with Crippen molar-refractivity contribution in [3.05, 3.63) is 53.6 Å². The largest absolute Gasteiger partial charge is 0.369 e. The van der Waals surface area contributed by atoms with E-state index in [0.717, 1.165) is 50.3 Å². The number of carbonyl (C=O) groups is 1. The van der Waals surface area contributed by atoms with Crippen LogP contribution in [0.3, 0.4) is 0 Å². The van der Waals surface area contributed by atoms with Crippen molar-refractivity contribution in [1.82, 2.24) is 25.2 Å². The minimum absolute atomic E-state index is 0.0589. The monoisotopic (exact) mass is 392 g/mol. The Hall–Kier alpha value is -2.93. The molecule has 152 valence electrons. The van der Waals surface area contributed by atoms with E-state index in [4.69, 9.17) is 0 Å². The summed E-state index contributed by atoms with van der Waals surface area (Å²) in [6.07, 6.45) is 0. The van der Waals surface area contributed by atoms with E-state index < -0.39 is 0 Å². The second-order valence-corrected chi connectivity index (χ2v) is 7.53. The number of nitrogens with one attached hydrogen (secondary N) is 1. The molecule has 0 aliphatic carbocycles. The number of nitrogens with zero attached hydrogens (tertiary/aromatic N) is 5. The van der Waals surface area contributed by atoms with Crippen LogP contribution in [0.15, 0.2) is 42.5 Å². The molecule has 1 saturated heterocycles. The predicted molar refractivity (Wildman–Crippen MR) is 115 cm³/mol. The van der Waals surface area contributed by atoms with Gasteiger partial charge in [-0.3, -0.25) is 9.69 Å². The lowest BCUT2D eigenvalue weighted by Crippen LogP contribution is -2.48. The average molecular weight is 393 g/mol. The molecule has 0 spiro atoms. The van der Waals surface area contributed by atoms with Crippen LogP contribution in [0.2, 0.25) is 0 Å². The van der Waals surface area contributed by atoms with Gasteiger partial charge in [-0.1, -0.05) is 17.3 Å². The van der Waals surface area contributed by atoms with Gasteiger partial charge in [0.2, 0.25) is 0 Å². The van der Waals surface area contributed by atoms with Gasteiger partial charge in [-0.05, 0) is 49.7 Å². The van der Waals surface area contributed by atoms with Crippen LogP contribution in [0.25, 0.3) is 11.0 Å². The molecule has 0 unspecified atom stereocenters. The Balaban J connectivity index is 1.25. The highest BCUT2D eigenvalue weighted by molar-refractivity contribution is 5.97. The molecular formula is C22H28N6O. The van der Waals surface area contributed by atoms with Crippen molar-refractivity contribution >= 4 is 22.6 Å². The van der Waals surface area contributed by atoms with Gasteiger partial charge in [0.05, 0.1) is 5.52 Å². The van der Waals surface area contributed by atoms with Crippen LogP contribution in [0, 0.1) is 6.92 Å². The molecule has 1 fully saturated rings. The molecule has 1 aliphatic rings. The Kier molecular flexibility index (Phi) is 5.76. The van der Waals surface area contributed by atoms with Crippen molar-refractivity contribution in [2.45, 2.75) is 20.4 Å². The molecule has 7 nitrogen and oxygen atoms in total. The fourth-order valence-electron chi connectivity index (χ4n) is 3.83. The van der Waals surface area contributed by atoms with Gasteiger partial charge in [0.25, 0.3) is 5.91 Å². The highest BCUT2D eigenvalue weighted by Gasteiger charge is 2.17. The maximum absolute atomic E-state index is 12.5. The summed E-state index contributed by atoms with van der Waals surface area (Å²) < 4.78 is 1.83. The third-order valence-corrected chi connectivity index (χ3v) is 5.53. The van der Waals surface area contributed by atoms with E-state index in [9.17, 15) is 4.79 Å². The number of anilines is 1. The molecule has 29 heavy (non-hydrogen) atoms. The highest BCUT2D eigenvalue weighted by Crippen LogP contribution is 2.17. The summed E-state index contributed by atoms with van der Waals surface area (Å²) in [5, 5.41) is 11.3. The fourth-order valence-corrected chi connectivity index (χ4v) is 3.83. The van der Waals surface area contributed by atoms with Crippen molar-refractivity contribution in [3.63, 3.8) is 0 Å². The first-order chi connectivity index (χ1) is 14.1. The zero-order valence-corrected chi connectivity index (χ0v) is 17.1. The molecule has 4 rings (SSSR count). The minimum Gasteiger partial charge on any atom is -0.369 e. The summed E-state index contributed by atoms with van der Waals surface area (Å²) in [5.41, 5.74) is 4.93. The number of fused-ring (bicyclic) bond motifs is 1. The van der Waals surface area contributed by atoms with Gasteiger partial charge in [-0.25, -0.2) is 4.68 Å². The maximum atomic E-state index is 12.5. The standard InChI is InChI=1S/C22H28N6O/c1-3-28-21-8-7-18(16-20(21)24-25-28)22(29)23-9-10-26-11-13-27(14-12-26)19-6-4-5-17(2)15-19/h4-8,15-16H,3,9-14H2,1-2H3,(H,23,29). The van der Waals surface area contributed by atoms with E-state index in [1.807, 2.05) is 29.8 Å². The van der Waals surface area contributed by atoms with Crippen LogP contribution in [0.1, 0.15) is 22.8 Å². The lowest BCUT2D eigenvalue weighted by molar-refractivity contribution is 0.0948. The summed E-state index contributed by atoms with van der Waals surface area (Å²) in [5.74, 6) is -0.0589. The number of aromatic nitrogens is 3. The predicted octanol–water partition coefficient (Wildman–Crippen LogP) is 2.31. The van der Waals surface area contributed by atoms with E-state index >= 15 is 0 Å². The first-order valence-electron chi connectivity index (χ1n) is 10.3. The van der Waals surface area contributed by atoms with Gasteiger partial charge in [-0.2, -0.15) is 0 Å². The highest BCUT2D eigenvalue weighted by atomic mass is 16.1. The van der Waals surface area contributed by atoms with E-state index in [1.54, 1.807) is 0 Å². The van der Waals surface area contributed by atoms with Crippen LogP contribution < -0.4 is 10.2 Å². The Morgan fingerprint density at radius 2 is 1.93 bits per heavy atom. The molecule has 2 heterocycles.